The van der Waals surface area contributed by atoms with Gasteiger partial charge in [0.2, 0.25) is 10.0 Å². The van der Waals surface area contributed by atoms with Crippen LogP contribution in [-0.2, 0) is 21.2 Å². The van der Waals surface area contributed by atoms with Crippen LogP contribution in [0.1, 0.15) is 31.2 Å². The van der Waals surface area contributed by atoms with Crippen LogP contribution in [0.15, 0.2) is 29.2 Å². The summed E-state index contributed by atoms with van der Waals surface area (Å²) in [6.45, 7) is 6.07. The van der Waals surface area contributed by atoms with Crippen LogP contribution in [0.25, 0.3) is 0 Å². The monoisotopic (exact) mass is 414 g/mol. The maximum Gasteiger partial charge on any atom is 0.243 e. The Morgan fingerprint density at radius 1 is 1.04 bits per heavy atom. The molecular formula is C20H31ClN2O3S. The molecule has 0 spiro atoms. The summed E-state index contributed by atoms with van der Waals surface area (Å²) in [4.78, 5) is 2.86. The van der Waals surface area contributed by atoms with Gasteiger partial charge in [0.1, 0.15) is 0 Å². The molecule has 5 nitrogen and oxygen atoms in total. The standard InChI is InChI=1S/C20H31ClN2O3S/c21-10-1-2-18-3-5-20(6-4-18)27(24,25)23-12-8-19(9-13-23)7-11-22-14-16-26-17-15-22/h3-6,19H,1-2,7-17H2. The highest BCUT2D eigenvalue weighted by molar-refractivity contribution is 7.89. The molecule has 2 aliphatic rings. The van der Waals surface area contributed by atoms with E-state index in [2.05, 4.69) is 4.90 Å². The minimum Gasteiger partial charge on any atom is -0.379 e. The van der Waals surface area contributed by atoms with Gasteiger partial charge in [-0.15, -0.1) is 11.6 Å². The molecule has 2 aliphatic heterocycles. The van der Waals surface area contributed by atoms with Gasteiger partial charge in [-0.1, -0.05) is 12.1 Å². The van der Waals surface area contributed by atoms with Gasteiger partial charge in [0.05, 0.1) is 18.1 Å². The molecule has 0 bridgehead atoms. The fourth-order valence-corrected chi connectivity index (χ4v) is 5.48. The van der Waals surface area contributed by atoms with Crippen molar-refractivity contribution in [1.29, 1.82) is 0 Å². The van der Waals surface area contributed by atoms with E-state index in [-0.39, 0.29) is 0 Å². The maximum absolute atomic E-state index is 12.9. The van der Waals surface area contributed by atoms with E-state index in [0.29, 0.717) is 29.8 Å². The highest BCUT2D eigenvalue weighted by atomic mass is 35.5. The van der Waals surface area contributed by atoms with E-state index in [1.54, 1.807) is 16.4 Å². The Morgan fingerprint density at radius 2 is 1.70 bits per heavy atom. The van der Waals surface area contributed by atoms with Crippen LogP contribution in [0.2, 0.25) is 0 Å². The molecule has 0 N–H and O–H groups in total. The SMILES string of the molecule is O=S(=O)(c1ccc(CCCCl)cc1)N1CCC(CCN2CCOCC2)CC1. The Labute approximate surface area is 168 Å². The molecule has 2 saturated heterocycles. The Balaban J connectivity index is 1.48. The first-order valence-electron chi connectivity index (χ1n) is 10.0. The van der Waals surface area contributed by atoms with Crippen molar-refractivity contribution in [3.8, 4) is 0 Å². The second kappa shape index (κ2) is 10.2. The molecule has 0 aromatic heterocycles. The number of aryl methyl sites for hydroxylation is 1. The van der Waals surface area contributed by atoms with Gasteiger partial charge in [0, 0.05) is 32.1 Å². The van der Waals surface area contributed by atoms with E-state index in [1.807, 2.05) is 12.1 Å². The Morgan fingerprint density at radius 3 is 2.33 bits per heavy atom. The van der Waals surface area contributed by atoms with E-state index >= 15 is 0 Å². The number of alkyl halides is 1. The van der Waals surface area contributed by atoms with Gasteiger partial charge in [-0.2, -0.15) is 4.31 Å². The molecule has 7 heteroatoms. The fraction of sp³-hybridized carbons (Fsp3) is 0.700. The molecule has 0 atom stereocenters. The van der Waals surface area contributed by atoms with Crippen molar-refractivity contribution in [2.75, 3.05) is 51.8 Å². The smallest absolute Gasteiger partial charge is 0.243 e. The molecule has 0 radical (unpaired) electrons. The maximum atomic E-state index is 12.9. The van der Waals surface area contributed by atoms with Gasteiger partial charge in [-0.25, -0.2) is 8.42 Å². The first-order valence-corrected chi connectivity index (χ1v) is 12.0. The number of hydrogen-bond donors (Lipinski definition) is 0. The summed E-state index contributed by atoms with van der Waals surface area (Å²) in [5.41, 5.74) is 1.14. The zero-order valence-corrected chi connectivity index (χ0v) is 17.6. The van der Waals surface area contributed by atoms with Gasteiger partial charge in [-0.3, -0.25) is 4.90 Å². The summed E-state index contributed by atoms with van der Waals surface area (Å²) in [6, 6.07) is 7.30. The highest BCUT2D eigenvalue weighted by Gasteiger charge is 2.29. The molecule has 3 rings (SSSR count). The predicted octanol–water partition coefficient (Wildman–Crippen LogP) is 2.98. The van der Waals surface area contributed by atoms with Crippen LogP contribution in [0.3, 0.4) is 0 Å². The Hall–Kier alpha value is -0.660. The van der Waals surface area contributed by atoms with E-state index < -0.39 is 10.0 Å². The lowest BCUT2D eigenvalue weighted by atomic mass is 9.94. The van der Waals surface area contributed by atoms with Crippen molar-refractivity contribution in [3.63, 3.8) is 0 Å². The minimum absolute atomic E-state index is 0.406. The van der Waals surface area contributed by atoms with Crippen molar-refractivity contribution in [2.24, 2.45) is 5.92 Å². The lowest BCUT2D eigenvalue weighted by Crippen LogP contribution is -2.40. The molecule has 27 heavy (non-hydrogen) atoms. The van der Waals surface area contributed by atoms with Gasteiger partial charge >= 0.3 is 0 Å². The van der Waals surface area contributed by atoms with E-state index in [4.69, 9.17) is 16.3 Å². The van der Waals surface area contributed by atoms with Crippen LogP contribution in [0, 0.1) is 5.92 Å². The molecule has 0 unspecified atom stereocenters. The van der Waals surface area contributed by atoms with E-state index in [9.17, 15) is 8.42 Å². The van der Waals surface area contributed by atoms with Gasteiger partial charge in [-0.05, 0) is 62.3 Å². The third-order valence-corrected chi connectivity index (χ3v) is 7.87. The number of sulfonamides is 1. The molecule has 0 amide bonds. The average molecular weight is 415 g/mol. The van der Waals surface area contributed by atoms with Crippen molar-refractivity contribution >= 4 is 21.6 Å². The van der Waals surface area contributed by atoms with Gasteiger partial charge in [0.15, 0.2) is 0 Å². The lowest BCUT2D eigenvalue weighted by molar-refractivity contribution is 0.0343. The topological polar surface area (TPSA) is 49.9 Å². The number of benzene rings is 1. The predicted molar refractivity (Wildman–Crippen MR) is 109 cm³/mol. The number of morpholine rings is 1. The zero-order valence-electron chi connectivity index (χ0n) is 16.0. The fourth-order valence-electron chi connectivity index (χ4n) is 3.88. The second-order valence-corrected chi connectivity index (χ2v) is 9.84. The third-order valence-electron chi connectivity index (χ3n) is 5.69. The molecular weight excluding hydrogens is 384 g/mol. The van der Waals surface area contributed by atoms with Crippen LogP contribution in [0.5, 0.6) is 0 Å². The molecule has 2 fully saturated rings. The van der Waals surface area contributed by atoms with Crippen molar-refractivity contribution in [2.45, 2.75) is 37.0 Å². The number of ether oxygens (including phenoxy) is 1. The van der Waals surface area contributed by atoms with Crippen LogP contribution in [0.4, 0.5) is 0 Å². The molecule has 0 aliphatic carbocycles. The first kappa shape index (κ1) is 21.1. The molecule has 1 aromatic carbocycles. The van der Waals surface area contributed by atoms with Gasteiger partial charge in [0.25, 0.3) is 0 Å². The molecule has 152 valence electrons. The van der Waals surface area contributed by atoms with Crippen LogP contribution in [-0.4, -0.2) is 69.4 Å². The number of hydrogen-bond acceptors (Lipinski definition) is 4. The minimum atomic E-state index is -3.38. The molecule has 0 saturated carbocycles. The molecule has 1 aromatic rings. The summed E-state index contributed by atoms with van der Waals surface area (Å²) < 4.78 is 32.9. The highest BCUT2D eigenvalue weighted by Crippen LogP contribution is 2.26. The van der Waals surface area contributed by atoms with Crippen molar-refractivity contribution in [3.05, 3.63) is 29.8 Å². The Bertz CT molecular complexity index is 667. The Kier molecular flexibility index (Phi) is 7.97. The van der Waals surface area contributed by atoms with Crippen LogP contribution >= 0.6 is 11.6 Å². The summed E-state index contributed by atoms with van der Waals surface area (Å²) >= 11 is 5.72. The lowest BCUT2D eigenvalue weighted by Gasteiger charge is -2.33. The summed E-state index contributed by atoms with van der Waals surface area (Å²) in [7, 11) is -3.38. The second-order valence-electron chi connectivity index (χ2n) is 7.53. The first-order chi connectivity index (χ1) is 13.1. The normalized spacial score (nSPS) is 20.8. The van der Waals surface area contributed by atoms with Crippen LogP contribution < -0.4 is 0 Å². The molecule has 2 heterocycles. The summed E-state index contributed by atoms with van der Waals surface area (Å²) in [5, 5.41) is 0. The van der Waals surface area contributed by atoms with Crippen molar-refractivity contribution in [1.82, 2.24) is 9.21 Å². The summed E-state index contributed by atoms with van der Waals surface area (Å²) in [6.07, 6.45) is 4.86. The zero-order chi connectivity index (χ0) is 19.1. The number of piperidine rings is 1. The quantitative estimate of drug-likeness (QED) is 0.613. The van der Waals surface area contributed by atoms with Crippen molar-refractivity contribution < 1.29 is 13.2 Å². The number of halogens is 1. The third kappa shape index (κ3) is 5.91. The average Bonchev–Trinajstić information content (AvgIpc) is 2.72. The van der Waals surface area contributed by atoms with E-state index in [1.165, 1.54) is 0 Å². The largest absolute Gasteiger partial charge is 0.379 e. The number of nitrogens with zero attached hydrogens (tertiary/aromatic N) is 2. The number of rotatable bonds is 8. The van der Waals surface area contributed by atoms with Gasteiger partial charge < -0.3 is 4.74 Å². The summed E-state index contributed by atoms with van der Waals surface area (Å²) in [5.74, 6) is 1.25. The van der Waals surface area contributed by atoms with E-state index in [0.717, 1.165) is 70.5 Å².